The monoisotopic (exact) mass is 266 g/mol. The Morgan fingerprint density at radius 2 is 1.90 bits per heavy atom. The van der Waals surface area contributed by atoms with E-state index < -0.39 is 0 Å². The zero-order valence-corrected chi connectivity index (χ0v) is 11.5. The molecule has 0 radical (unpaired) electrons. The molecular weight excluding hydrogens is 248 g/mol. The van der Waals surface area contributed by atoms with Crippen molar-refractivity contribution in [3.8, 4) is 5.75 Å². The van der Waals surface area contributed by atoms with Crippen LogP contribution >= 0.6 is 0 Å². The lowest BCUT2D eigenvalue weighted by atomic mass is 10.00. The van der Waals surface area contributed by atoms with Crippen molar-refractivity contribution in [1.82, 2.24) is 0 Å². The fraction of sp³-hybridized carbons (Fsp3) is 0.278. The second-order valence-corrected chi connectivity index (χ2v) is 5.15. The molecule has 0 amide bonds. The number of aryl methyl sites for hydroxylation is 1. The smallest absolute Gasteiger partial charge is 0.166 e. The minimum atomic E-state index is 0.194. The summed E-state index contributed by atoms with van der Waals surface area (Å²) < 4.78 is 5.59. The summed E-state index contributed by atoms with van der Waals surface area (Å²) in [4.78, 5) is 12.3. The van der Waals surface area contributed by atoms with Crippen LogP contribution in [0.1, 0.15) is 34.3 Å². The van der Waals surface area contributed by atoms with Crippen molar-refractivity contribution < 1.29 is 9.53 Å². The number of Topliss-reactive ketones (excluding diaryl/α,β-unsaturated/α-hetero) is 1. The summed E-state index contributed by atoms with van der Waals surface area (Å²) in [7, 11) is 0. The minimum Gasteiger partial charge on any atom is -0.492 e. The van der Waals surface area contributed by atoms with Crippen molar-refractivity contribution in [3.05, 3.63) is 65.2 Å². The van der Waals surface area contributed by atoms with E-state index >= 15 is 0 Å². The predicted molar refractivity (Wildman–Crippen MR) is 79.4 cm³/mol. The first-order chi connectivity index (χ1) is 9.84. The molecule has 102 valence electrons. The van der Waals surface area contributed by atoms with Gasteiger partial charge in [-0.05, 0) is 30.0 Å². The number of ketones is 1. The zero-order valence-electron chi connectivity index (χ0n) is 11.5. The van der Waals surface area contributed by atoms with Gasteiger partial charge in [0.05, 0.1) is 12.2 Å². The molecule has 0 spiro atoms. The third kappa shape index (κ3) is 2.74. The van der Waals surface area contributed by atoms with Crippen LogP contribution in [0.25, 0.3) is 0 Å². The van der Waals surface area contributed by atoms with Gasteiger partial charge in [0.25, 0.3) is 0 Å². The lowest BCUT2D eigenvalue weighted by Gasteiger charge is -2.07. The number of fused-ring (bicyclic) bond motifs is 1. The molecular formula is C18H18O2. The van der Waals surface area contributed by atoms with E-state index in [1.165, 1.54) is 11.1 Å². The quantitative estimate of drug-likeness (QED) is 0.769. The average molecular weight is 266 g/mol. The summed E-state index contributed by atoms with van der Waals surface area (Å²) in [5.41, 5.74) is 3.21. The molecule has 0 fully saturated rings. The highest BCUT2D eigenvalue weighted by Gasteiger charge is 2.19. The average Bonchev–Trinajstić information content (AvgIpc) is 2.96. The molecule has 1 heterocycles. The molecule has 1 aliphatic heterocycles. The van der Waals surface area contributed by atoms with Crippen LogP contribution in [0.4, 0.5) is 0 Å². The van der Waals surface area contributed by atoms with Gasteiger partial charge in [0.1, 0.15) is 5.75 Å². The van der Waals surface area contributed by atoms with Crippen molar-refractivity contribution in [1.29, 1.82) is 0 Å². The molecule has 0 atom stereocenters. The summed E-state index contributed by atoms with van der Waals surface area (Å²) in [6.07, 6.45) is 3.32. The van der Waals surface area contributed by atoms with Crippen LogP contribution in [0.2, 0.25) is 0 Å². The van der Waals surface area contributed by atoms with Crippen molar-refractivity contribution >= 4 is 5.78 Å². The molecule has 0 unspecified atom stereocenters. The largest absolute Gasteiger partial charge is 0.492 e. The Kier molecular flexibility index (Phi) is 3.82. The number of carbonyl (C=O) groups excluding carboxylic acids is 1. The third-order valence-electron chi connectivity index (χ3n) is 3.73. The molecule has 0 saturated carbocycles. The molecule has 0 aromatic heterocycles. The Labute approximate surface area is 119 Å². The molecule has 2 heteroatoms. The summed E-state index contributed by atoms with van der Waals surface area (Å²) in [5.74, 6) is 1.01. The molecule has 0 N–H and O–H groups in total. The normalized spacial score (nSPS) is 12.8. The molecule has 0 bridgehead atoms. The second kappa shape index (κ2) is 5.91. The van der Waals surface area contributed by atoms with Crippen LogP contribution < -0.4 is 4.74 Å². The van der Waals surface area contributed by atoms with Gasteiger partial charge in [0.15, 0.2) is 5.78 Å². The topological polar surface area (TPSA) is 26.3 Å². The maximum Gasteiger partial charge on any atom is 0.166 e. The first-order valence-corrected chi connectivity index (χ1v) is 7.16. The van der Waals surface area contributed by atoms with Crippen molar-refractivity contribution in [2.75, 3.05) is 6.61 Å². The molecule has 20 heavy (non-hydrogen) atoms. The summed E-state index contributed by atoms with van der Waals surface area (Å²) in [5, 5.41) is 0. The van der Waals surface area contributed by atoms with E-state index in [1.54, 1.807) is 0 Å². The van der Waals surface area contributed by atoms with Gasteiger partial charge in [-0.15, -0.1) is 0 Å². The molecule has 0 aliphatic carbocycles. The van der Waals surface area contributed by atoms with E-state index in [4.69, 9.17) is 4.74 Å². The van der Waals surface area contributed by atoms with Gasteiger partial charge in [0.2, 0.25) is 0 Å². The molecule has 2 nitrogen and oxygen atoms in total. The number of carbonyl (C=O) groups is 1. The van der Waals surface area contributed by atoms with Crippen molar-refractivity contribution in [3.63, 3.8) is 0 Å². The maximum absolute atomic E-state index is 12.3. The fourth-order valence-corrected chi connectivity index (χ4v) is 2.67. The number of benzene rings is 2. The van der Waals surface area contributed by atoms with Gasteiger partial charge in [-0.1, -0.05) is 42.5 Å². The van der Waals surface area contributed by atoms with Crippen LogP contribution in [0.3, 0.4) is 0 Å². The Balaban J connectivity index is 1.61. The van der Waals surface area contributed by atoms with Crippen LogP contribution in [0, 0.1) is 0 Å². The fourth-order valence-electron chi connectivity index (χ4n) is 2.67. The summed E-state index contributed by atoms with van der Waals surface area (Å²) >= 11 is 0. The van der Waals surface area contributed by atoms with Gasteiger partial charge in [-0.25, -0.2) is 0 Å². The Hall–Kier alpha value is -2.09. The van der Waals surface area contributed by atoms with E-state index in [0.29, 0.717) is 13.0 Å². The summed E-state index contributed by atoms with van der Waals surface area (Å²) in [6.45, 7) is 0.698. The summed E-state index contributed by atoms with van der Waals surface area (Å²) in [6, 6.07) is 16.2. The molecule has 2 aromatic carbocycles. The standard InChI is InChI=1S/C18H18O2/c19-17(11-4-8-14-6-2-1-3-7-14)16-10-5-9-15-12-13-20-18(15)16/h1-3,5-7,9-10H,4,8,11-13H2. The zero-order chi connectivity index (χ0) is 13.8. The van der Waals surface area contributed by atoms with Gasteiger partial charge >= 0.3 is 0 Å². The third-order valence-corrected chi connectivity index (χ3v) is 3.73. The predicted octanol–water partition coefficient (Wildman–Crippen LogP) is 3.83. The van der Waals surface area contributed by atoms with Crippen LogP contribution in [0.15, 0.2) is 48.5 Å². The van der Waals surface area contributed by atoms with Crippen LogP contribution in [-0.4, -0.2) is 12.4 Å². The lowest BCUT2D eigenvalue weighted by Crippen LogP contribution is -2.02. The van der Waals surface area contributed by atoms with E-state index in [1.807, 2.05) is 36.4 Å². The maximum atomic E-state index is 12.3. The molecule has 0 saturated heterocycles. The Morgan fingerprint density at radius 3 is 2.75 bits per heavy atom. The SMILES string of the molecule is O=C(CCCc1ccccc1)c1cccc2c1OCC2. The van der Waals surface area contributed by atoms with Crippen LogP contribution in [0.5, 0.6) is 5.75 Å². The first-order valence-electron chi connectivity index (χ1n) is 7.16. The van der Waals surface area contributed by atoms with E-state index in [2.05, 4.69) is 12.1 Å². The number of ether oxygens (including phenoxy) is 1. The van der Waals surface area contributed by atoms with Gasteiger partial charge in [-0.3, -0.25) is 4.79 Å². The molecule has 2 aromatic rings. The number of hydrogen-bond donors (Lipinski definition) is 0. The van der Waals surface area contributed by atoms with Crippen molar-refractivity contribution in [2.24, 2.45) is 0 Å². The Morgan fingerprint density at radius 1 is 1.05 bits per heavy atom. The van der Waals surface area contributed by atoms with Crippen molar-refractivity contribution in [2.45, 2.75) is 25.7 Å². The van der Waals surface area contributed by atoms with E-state index in [-0.39, 0.29) is 5.78 Å². The molecule has 1 aliphatic rings. The van der Waals surface area contributed by atoms with Gasteiger partial charge in [0, 0.05) is 12.8 Å². The highest BCUT2D eigenvalue weighted by molar-refractivity contribution is 5.99. The number of hydrogen-bond acceptors (Lipinski definition) is 2. The van der Waals surface area contributed by atoms with E-state index in [0.717, 1.165) is 30.6 Å². The Bertz CT molecular complexity index is 602. The second-order valence-electron chi connectivity index (χ2n) is 5.15. The number of para-hydroxylation sites is 1. The first kappa shape index (κ1) is 12.9. The van der Waals surface area contributed by atoms with Gasteiger partial charge in [-0.2, -0.15) is 0 Å². The highest BCUT2D eigenvalue weighted by atomic mass is 16.5. The van der Waals surface area contributed by atoms with E-state index in [9.17, 15) is 4.79 Å². The molecule has 3 rings (SSSR count). The van der Waals surface area contributed by atoms with Crippen LogP contribution in [-0.2, 0) is 12.8 Å². The lowest BCUT2D eigenvalue weighted by molar-refractivity contribution is 0.0977. The highest BCUT2D eigenvalue weighted by Crippen LogP contribution is 2.30. The number of rotatable bonds is 5. The minimum absolute atomic E-state index is 0.194. The van der Waals surface area contributed by atoms with Gasteiger partial charge < -0.3 is 4.74 Å².